The molecule has 0 aliphatic rings. The van der Waals surface area contributed by atoms with Gasteiger partial charge in [-0.25, -0.2) is 4.39 Å². The molecular weight excluding hydrogens is 341 g/mol. The first-order valence-corrected chi connectivity index (χ1v) is 7.91. The minimum atomic E-state index is -0.421. The molecule has 0 N–H and O–H groups in total. The van der Waals surface area contributed by atoms with Crippen LogP contribution in [0.4, 0.5) is 4.39 Å². The standard InChI is InChI=1S/C15H15BrFNOS/c1-10(9-11-5-4-8-20-11)18(2)15(19)12-6-3-7-13(17)14(12)16/h3-8,10H,9H2,1-2H3. The summed E-state index contributed by atoms with van der Waals surface area (Å²) in [6, 6.07) is 8.61. The van der Waals surface area contributed by atoms with Crippen LogP contribution in [-0.2, 0) is 6.42 Å². The first-order chi connectivity index (χ1) is 9.50. The molecule has 1 atom stereocenters. The molecule has 2 aromatic rings. The highest BCUT2D eigenvalue weighted by atomic mass is 79.9. The Kier molecular flexibility index (Phi) is 4.94. The molecule has 0 saturated heterocycles. The number of benzene rings is 1. The molecule has 5 heteroatoms. The summed E-state index contributed by atoms with van der Waals surface area (Å²) in [4.78, 5) is 15.3. The summed E-state index contributed by atoms with van der Waals surface area (Å²) in [5.41, 5.74) is 0.352. The first kappa shape index (κ1) is 15.2. The summed E-state index contributed by atoms with van der Waals surface area (Å²) >= 11 is 4.81. The highest BCUT2D eigenvalue weighted by molar-refractivity contribution is 9.10. The van der Waals surface area contributed by atoms with E-state index in [0.29, 0.717) is 5.56 Å². The van der Waals surface area contributed by atoms with Crippen molar-refractivity contribution in [3.63, 3.8) is 0 Å². The molecule has 0 saturated carbocycles. The lowest BCUT2D eigenvalue weighted by Crippen LogP contribution is -2.36. The number of halogens is 2. The average molecular weight is 356 g/mol. The smallest absolute Gasteiger partial charge is 0.255 e. The van der Waals surface area contributed by atoms with Gasteiger partial charge in [0.2, 0.25) is 0 Å². The van der Waals surface area contributed by atoms with Crippen molar-refractivity contribution in [2.45, 2.75) is 19.4 Å². The molecule has 1 aromatic heterocycles. The van der Waals surface area contributed by atoms with Gasteiger partial charge < -0.3 is 4.90 Å². The van der Waals surface area contributed by atoms with Gasteiger partial charge in [-0.05, 0) is 46.4 Å². The van der Waals surface area contributed by atoms with Crippen molar-refractivity contribution in [1.82, 2.24) is 4.90 Å². The highest BCUT2D eigenvalue weighted by Gasteiger charge is 2.21. The van der Waals surface area contributed by atoms with Crippen LogP contribution in [0.25, 0.3) is 0 Å². The van der Waals surface area contributed by atoms with Crippen molar-refractivity contribution in [1.29, 1.82) is 0 Å². The molecule has 0 radical (unpaired) electrons. The van der Waals surface area contributed by atoms with Crippen LogP contribution in [0, 0.1) is 5.82 Å². The van der Waals surface area contributed by atoms with Crippen LogP contribution in [0.1, 0.15) is 22.2 Å². The second-order valence-corrected chi connectivity index (χ2v) is 6.48. The van der Waals surface area contributed by atoms with Crippen molar-refractivity contribution in [2.24, 2.45) is 0 Å². The van der Waals surface area contributed by atoms with Crippen LogP contribution >= 0.6 is 27.3 Å². The zero-order chi connectivity index (χ0) is 14.7. The monoisotopic (exact) mass is 355 g/mol. The molecule has 2 nitrogen and oxygen atoms in total. The maximum atomic E-state index is 13.5. The SMILES string of the molecule is CC(Cc1cccs1)N(C)C(=O)c1cccc(F)c1Br. The molecule has 1 amide bonds. The average Bonchev–Trinajstić information content (AvgIpc) is 2.93. The van der Waals surface area contributed by atoms with Gasteiger partial charge in [0.15, 0.2) is 0 Å². The van der Waals surface area contributed by atoms with E-state index in [1.807, 2.05) is 18.4 Å². The second kappa shape index (κ2) is 6.50. The van der Waals surface area contributed by atoms with Crippen LogP contribution in [0.15, 0.2) is 40.2 Å². The fourth-order valence-corrected chi connectivity index (χ4v) is 3.18. The number of likely N-dealkylation sites (N-methyl/N-ethyl adjacent to an activating group) is 1. The van der Waals surface area contributed by atoms with E-state index in [9.17, 15) is 9.18 Å². The summed E-state index contributed by atoms with van der Waals surface area (Å²) in [7, 11) is 1.75. The number of carbonyl (C=O) groups excluding carboxylic acids is 1. The molecule has 0 fully saturated rings. The molecule has 0 aliphatic carbocycles. The third kappa shape index (κ3) is 3.27. The number of carbonyl (C=O) groups is 1. The van der Waals surface area contributed by atoms with Crippen molar-refractivity contribution >= 4 is 33.2 Å². The lowest BCUT2D eigenvalue weighted by molar-refractivity contribution is 0.0742. The summed E-state index contributed by atoms with van der Waals surface area (Å²) < 4.78 is 13.7. The Bertz CT molecular complexity index is 600. The van der Waals surface area contributed by atoms with Gasteiger partial charge in [-0.2, -0.15) is 0 Å². The van der Waals surface area contributed by atoms with Crippen molar-refractivity contribution < 1.29 is 9.18 Å². The van der Waals surface area contributed by atoms with E-state index in [1.54, 1.807) is 35.4 Å². The molecule has 20 heavy (non-hydrogen) atoms. The topological polar surface area (TPSA) is 20.3 Å². The fraction of sp³-hybridized carbons (Fsp3) is 0.267. The quantitative estimate of drug-likeness (QED) is 0.798. The molecule has 0 spiro atoms. The van der Waals surface area contributed by atoms with Crippen LogP contribution < -0.4 is 0 Å². The lowest BCUT2D eigenvalue weighted by Gasteiger charge is -2.25. The Hall–Kier alpha value is -1.20. The molecular formula is C15H15BrFNOS. The van der Waals surface area contributed by atoms with Crippen molar-refractivity contribution in [3.05, 3.63) is 56.4 Å². The van der Waals surface area contributed by atoms with E-state index in [0.717, 1.165) is 6.42 Å². The minimum absolute atomic E-state index is 0.0521. The fourth-order valence-electron chi connectivity index (χ4n) is 1.92. The Morgan fingerprint density at radius 2 is 2.15 bits per heavy atom. The second-order valence-electron chi connectivity index (χ2n) is 4.65. The maximum Gasteiger partial charge on any atom is 0.255 e. The van der Waals surface area contributed by atoms with Crippen molar-refractivity contribution in [3.8, 4) is 0 Å². The number of thiophene rings is 1. The summed E-state index contributed by atoms with van der Waals surface area (Å²) in [5, 5.41) is 2.02. The molecule has 1 aromatic carbocycles. The third-order valence-electron chi connectivity index (χ3n) is 3.24. The van der Waals surface area contributed by atoms with E-state index in [1.165, 1.54) is 10.9 Å². The normalized spacial score (nSPS) is 12.2. The van der Waals surface area contributed by atoms with Crippen LogP contribution in [-0.4, -0.2) is 23.9 Å². The third-order valence-corrected chi connectivity index (χ3v) is 4.94. The molecule has 0 bridgehead atoms. The van der Waals surface area contributed by atoms with Crippen LogP contribution in [0.2, 0.25) is 0 Å². The number of hydrogen-bond acceptors (Lipinski definition) is 2. The summed E-state index contributed by atoms with van der Waals surface area (Å²) in [6.45, 7) is 1.99. The van der Waals surface area contributed by atoms with Crippen LogP contribution in [0.5, 0.6) is 0 Å². The number of nitrogens with zero attached hydrogens (tertiary/aromatic N) is 1. The van der Waals surface area contributed by atoms with Crippen LogP contribution in [0.3, 0.4) is 0 Å². The Morgan fingerprint density at radius 3 is 2.80 bits per heavy atom. The van der Waals surface area contributed by atoms with Crippen molar-refractivity contribution in [2.75, 3.05) is 7.05 Å². The van der Waals surface area contributed by atoms with Gasteiger partial charge >= 0.3 is 0 Å². The minimum Gasteiger partial charge on any atom is -0.339 e. The molecule has 1 heterocycles. The van der Waals surface area contributed by atoms with Gasteiger partial charge in [-0.1, -0.05) is 12.1 Å². The Morgan fingerprint density at radius 1 is 1.40 bits per heavy atom. The lowest BCUT2D eigenvalue weighted by atomic mass is 10.1. The van der Waals surface area contributed by atoms with Gasteiger partial charge in [0.25, 0.3) is 5.91 Å². The first-order valence-electron chi connectivity index (χ1n) is 6.24. The zero-order valence-corrected chi connectivity index (χ0v) is 13.7. The van der Waals surface area contributed by atoms with Gasteiger partial charge in [0, 0.05) is 24.4 Å². The number of rotatable bonds is 4. The van der Waals surface area contributed by atoms with E-state index < -0.39 is 5.82 Å². The van der Waals surface area contributed by atoms with E-state index >= 15 is 0 Å². The van der Waals surface area contributed by atoms with E-state index in [-0.39, 0.29) is 16.4 Å². The van der Waals surface area contributed by atoms with Gasteiger partial charge in [0.05, 0.1) is 10.0 Å². The van der Waals surface area contributed by atoms with Gasteiger partial charge in [0.1, 0.15) is 5.82 Å². The Balaban J connectivity index is 2.13. The number of hydrogen-bond donors (Lipinski definition) is 0. The molecule has 2 rings (SSSR count). The summed E-state index contributed by atoms with van der Waals surface area (Å²) in [6.07, 6.45) is 0.798. The largest absolute Gasteiger partial charge is 0.339 e. The highest BCUT2D eigenvalue weighted by Crippen LogP contribution is 2.23. The molecule has 0 aliphatic heterocycles. The van der Waals surface area contributed by atoms with E-state index in [4.69, 9.17) is 0 Å². The Labute approximate surface area is 130 Å². The van der Waals surface area contributed by atoms with Gasteiger partial charge in [-0.3, -0.25) is 4.79 Å². The maximum absolute atomic E-state index is 13.5. The molecule has 1 unspecified atom stereocenters. The number of amides is 1. The van der Waals surface area contributed by atoms with E-state index in [2.05, 4.69) is 22.0 Å². The predicted octanol–water partition coefficient (Wildman–Crippen LogP) is 4.35. The summed E-state index contributed by atoms with van der Waals surface area (Å²) in [5.74, 6) is -0.601. The molecule has 106 valence electrons. The zero-order valence-electron chi connectivity index (χ0n) is 11.3. The van der Waals surface area contributed by atoms with Gasteiger partial charge in [-0.15, -0.1) is 11.3 Å². The predicted molar refractivity (Wildman–Crippen MR) is 83.7 cm³/mol.